The molecule has 0 radical (unpaired) electrons. The number of benzene rings is 3. The summed E-state index contributed by atoms with van der Waals surface area (Å²) >= 11 is 0. The number of carbonyl (C=O) groups excluding carboxylic acids is 1. The highest BCUT2D eigenvalue weighted by atomic mass is 19.1. The van der Waals surface area contributed by atoms with Crippen molar-refractivity contribution in [3.8, 4) is 11.1 Å². The van der Waals surface area contributed by atoms with Gasteiger partial charge < -0.3 is 15.6 Å². The lowest BCUT2D eigenvalue weighted by Gasteiger charge is -2.24. The summed E-state index contributed by atoms with van der Waals surface area (Å²) in [5.74, 6) is -3.19. The van der Waals surface area contributed by atoms with Gasteiger partial charge in [0.2, 0.25) is 5.54 Å². The fraction of sp³-hybridized carbons (Fsp3) is 0.167. The molecule has 0 aliphatic heterocycles. The van der Waals surface area contributed by atoms with Crippen molar-refractivity contribution in [2.45, 2.75) is 17.9 Å². The molecule has 0 spiro atoms. The lowest BCUT2D eigenvalue weighted by atomic mass is 9.91. The first-order chi connectivity index (χ1) is 14.4. The number of ether oxygens (including phenoxy) is 1. The molecule has 30 heavy (non-hydrogen) atoms. The van der Waals surface area contributed by atoms with Crippen molar-refractivity contribution in [2.24, 2.45) is 5.73 Å². The molecule has 3 aromatic carbocycles. The molecule has 3 N–H and O–H groups in total. The summed E-state index contributed by atoms with van der Waals surface area (Å²) in [6, 6.07) is 20.9. The molecule has 4 rings (SSSR count). The molecule has 0 heterocycles. The predicted molar refractivity (Wildman–Crippen MR) is 109 cm³/mol. The van der Waals surface area contributed by atoms with Crippen molar-refractivity contribution in [2.75, 3.05) is 6.61 Å². The third-order valence-electron chi connectivity index (χ3n) is 5.49. The summed E-state index contributed by atoms with van der Waals surface area (Å²) in [6.07, 6.45) is -0.306. The van der Waals surface area contributed by atoms with Gasteiger partial charge in [-0.15, -0.1) is 0 Å². The Bertz CT molecular complexity index is 1070. The molecule has 3 aromatic rings. The summed E-state index contributed by atoms with van der Waals surface area (Å²) in [4.78, 5) is 24.6. The minimum atomic E-state index is -2.27. The zero-order valence-corrected chi connectivity index (χ0v) is 16.0. The molecule has 0 saturated heterocycles. The van der Waals surface area contributed by atoms with Gasteiger partial charge in [-0.25, -0.2) is 14.0 Å². The van der Waals surface area contributed by atoms with E-state index in [0.717, 1.165) is 22.3 Å². The summed E-state index contributed by atoms with van der Waals surface area (Å²) < 4.78 is 18.6. The fourth-order valence-corrected chi connectivity index (χ4v) is 3.89. The molecule has 0 fully saturated rings. The molecule has 6 heteroatoms. The van der Waals surface area contributed by atoms with Gasteiger partial charge in [0.25, 0.3) is 0 Å². The molecule has 0 unspecified atom stereocenters. The normalized spacial score (nSPS) is 14.5. The van der Waals surface area contributed by atoms with E-state index < -0.39 is 23.3 Å². The van der Waals surface area contributed by atoms with Crippen molar-refractivity contribution in [3.05, 3.63) is 95.3 Å². The molecule has 0 amide bonds. The summed E-state index contributed by atoms with van der Waals surface area (Å²) in [6.45, 7) is -0.0253. The van der Waals surface area contributed by atoms with Gasteiger partial charge >= 0.3 is 11.9 Å². The van der Waals surface area contributed by atoms with E-state index in [4.69, 9.17) is 10.5 Å². The van der Waals surface area contributed by atoms with Crippen LogP contribution < -0.4 is 5.73 Å². The van der Waals surface area contributed by atoms with Crippen molar-refractivity contribution in [3.63, 3.8) is 0 Å². The summed E-state index contributed by atoms with van der Waals surface area (Å²) in [5.41, 5.74) is 8.29. The van der Waals surface area contributed by atoms with E-state index >= 15 is 0 Å². The van der Waals surface area contributed by atoms with Crippen LogP contribution in [0, 0.1) is 5.82 Å². The van der Waals surface area contributed by atoms with Crippen molar-refractivity contribution in [1.29, 1.82) is 0 Å². The van der Waals surface area contributed by atoms with E-state index in [9.17, 15) is 19.1 Å². The fourth-order valence-electron chi connectivity index (χ4n) is 3.89. The Hall–Kier alpha value is -3.51. The Kier molecular flexibility index (Phi) is 5.10. The van der Waals surface area contributed by atoms with Gasteiger partial charge in [-0.05, 0) is 39.9 Å². The molecule has 5 nitrogen and oxygen atoms in total. The van der Waals surface area contributed by atoms with Crippen LogP contribution in [-0.4, -0.2) is 29.2 Å². The van der Waals surface area contributed by atoms with Gasteiger partial charge in [0.1, 0.15) is 12.4 Å². The van der Waals surface area contributed by atoms with Crippen molar-refractivity contribution < 1.29 is 23.8 Å². The number of halogens is 1. The van der Waals surface area contributed by atoms with Crippen LogP contribution in [0.25, 0.3) is 11.1 Å². The number of aliphatic carboxylic acids is 1. The van der Waals surface area contributed by atoms with Gasteiger partial charge in [0, 0.05) is 12.3 Å². The van der Waals surface area contributed by atoms with Crippen LogP contribution in [0.2, 0.25) is 0 Å². The molecule has 152 valence electrons. The highest BCUT2D eigenvalue weighted by Gasteiger charge is 2.45. The highest BCUT2D eigenvalue weighted by Crippen LogP contribution is 2.44. The van der Waals surface area contributed by atoms with E-state index in [2.05, 4.69) is 0 Å². The minimum Gasteiger partial charge on any atom is -0.479 e. The molecular formula is C24H20FNO4. The second-order valence-electron chi connectivity index (χ2n) is 7.41. The number of rotatable bonds is 6. The van der Waals surface area contributed by atoms with Crippen LogP contribution in [0.3, 0.4) is 0 Å². The third-order valence-corrected chi connectivity index (χ3v) is 5.49. The molecule has 0 bridgehead atoms. The lowest BCUT2D eigenvalue weighted by molar-refractivity contribution is -0.161. The van der Waals surface area contributed by atoms with Gasteiger partial charge in [0.15, 0.2) is 0 Å². The van der Waals surface area contributed by atoms with Gasteiger partial charge in [-0.3, -0.25) is 0 Å². The Morgan fingerprint density at radius 1 is 0.933 bits per heavy atom. The predicted octanol–water partition coefficient (Wildman–Crippen LogP) is 3.51. The molecule has 1 aliphatic carbocycles. The maximum Gasteiger partial charge on any atom is 0.338 e. The zero-order valence-electron chi connectivity index (χ0n) is 16.0. The Balaban J connectivity index is 1.55. The molecule has 0 saturated carbocycles. The number of carboxylic acid groups (broad SMARTS) is 1. The van der Waals surface area contributed by atoms with Gasteiger partial charge in [-0.2, -0.15) is 0 Å². The number of esters is 1. The Morgan fingerprint density at radius 3 is 2.00 bits per heavy atom. The van der Waals surface area contributed by atoms with E-state index in [0.29, 0.717) is 5.56 Å². The Morgan fingerprint density at radius 2 is 1.47 bits per heavy atom. The van der Waals surface area contributed by atoms with E-state index in [1.807, 2.05) is 48.5 Å². The summed E-state index contributed by atoms with van der Waals surface area (Å²) in [5, 5.41) is 9.63. The van der Waals surface area contributed by atoms with E-state index in [1.165, 1.54) is 24.3 Å². The number of hydrogen-bond acceptors (Lipinski definition) is 4. The van der Waals surface area contributed by atoms with Crippen LogP contribution in [0.15, 0.2) is 72.8 Å². The smallest absolute Gasteiger partial charge is 0.338 e. The van der Waals surface area contributed by atoms with Crippen LogP contribution >= 0.6 is 0 Å². The first-order valence-electron chi connectivity index (χ1n) is 9.52. The van der Waals surface area contributed by atoms with Crippen molar-refractivity contribution in [1.82, 2.24) is 0 Å². The first kappa shape index (κ1) is 19.8. The number of carbonyl (C=O) groups is 2. The molecular weight excluding hydrogens is 385 g/mol. The number of nitrogens with two attached hydrogens (primary N) is 1. The zero-order chi connectivity index (χ0) is 21.3. The van der Waals surface area contributed by atoms with Crippen LogP contribution in [0.5, 0.6) is 0 Å². The van der Waals surface area contributed by atoms with Gasteiger partial charge in [-0.1, -0.05) is 60.7 Å². The van der Waals surface area contributed by atoms with Crippen LogP contribution in [-0.2, 0) is 20.7 Å². The van der Waals surface area contributed by atoms with Crippen LogP contribution in [0.4, 0.5) is 4.39 Å². The highest BCUT2D eigenvalue weighted by molar-refractivity contribution is 6.04. The van der Waals surface area contributed by atoms with Crippen molar-refractivity contribution >= 4 is 11.9 Å². The summed E-state index contributed by atoms with van der Waals surface area (Å²) in [7, 11) is 0. The SMILES string of the molecule is N[C@@](Cc1ccc(F)cc1)(C(=O)O)C(=O)OCC1c2ccccc2-c2ccccc21. The quantitative estimate of drug-likeness (QED) is 0.484. The molecule has 0 aromatic heterocycles. The average Bonchev–Trinajstić information content (AvgIpc) is 3.07. The first-order valence-corrected chi connectivity index (χ1v) is 9.52. The maximum absolute atomic E-state index is 13.1. The minimum absolute atomic E-state index is 0.0253. The number of hydrogen-bond donors (Lipinski definition) is 2. The second kappa shape index (κ2) is 7.72. The monoisotopic (exact) mass is 405 g/mol. The number of fused-ring (bicyclic) bond motifs is 3. The topological polar surface area (TPSA) is 89.6 Å². The lowest BCUT2D eigenvalue weighted by Crippen LogP contribution is -2.57. The van der Waals surface area contributed by atoms with E-state index in [-0.39, 0.29) is 18.9 Å². The van der Waals surface area contributed by atoms with Crippen LogP contribution in [0.1, 0.15) is 22.6 Å². The van der Waals surface area contributed by atoms with E-state index in [1.54, 1.807) is 0 Å². The number of carboxylic acids is 1. The van der Waals surface area contributed by atoms with Gasteiger partial charge in [0.05, 0.1) is 0 Å². The maximum atomic E-state index is 13.1. The Labute approximate surface area is 172 Å². The molecule has 1 atom stereocenters. The third kappa shape index (κ3) is 3.46. The average molecular weight is 405 g/mol. The standard InChI is InChI=1S/C24H20FNO4/c25-16-11-9-15(10-12-16)13-24(26,22(27)28)23(29)30-14-21-19-7-3-1-5-17(19)18-6-2-4-8-20(18)21/h1-12,21H,13-14,26H2,(H,27,28)/t24-/m0/s1. The second-order valence-corrected chi connectivity index (χ2v) is 7.41. The largest absolute Gasteiger partial charge is 0.479 e. The molecule has 1 aliphatic rings.